The Labute approximate surface area is 389 Å². The first-order chi connectivity index (χ1) is 32.3. The smallest absolute Gasteiger partial charge is 0.364 e. The second kappa shape index (κ2) is 27.1. The molecule has 2 amide bonds. The molecule has 28 nitrogen and oxygen atoms in total. The van der Waals surface area contributed by atoms with Gasteiger partial charge in [0.15, 0.2) is 18.9 Å². The lowest BCUT2D eigenvalue weighted by atomic mass is 9.88. The molecule has 0 radical (unpaired) electrons. The highest BCUT2D eigenvalue weighted by atomic mass is 16.8. The lowest BCUT2D eigenvalue weighted by Gasteiger charge is -2.51. The summed E-state index contributed by atoms with van der Waals surface area (Å²) in [6.45, 7) is -2.97. The average Bonchev–Trinajstić information content (AvgIpc) is 3.31. The zero-order chi connectivity index (χ0) is 50.5. The highest BCUT2D eigenvalue weighted by molar-refractivity contribution is 5.76. The highest BCUT2D eigenvalue weighted by Crippen LogP contribution is 2.39. The van der Waals surface area contributed by atoms with E-state index in [4.69, 9.17) is 37.9 Å². The van der Waals surface area contributed by atoms with E-state index >= 15 is 0 Å². The van der Waals surface area contributed by atoms with Gasteiger partial charge >= 0.3 is 11.9 Å². The lowest BCUT2D eigenvalue weighted by molar-refractivity contribution is -0.391. The fourth-order valence-electron chi connectivity index (χ4n) is 8.42. The van der Waals surface area contributed by atoms with Crippen molar-refractivity contribution in [3.8, 4) is 0 Å². The van der Waals surface area contributed by atoms with E-state index < -0.39 is 173 Å². The van der Waals surface area contributed by atoms with E-state index in [-0.39, 0.29) is 25.4 Å². The summed E-state index contributed by atoms with van der Waals surface area (Å²) in [5.74, 6) is -6.28. The molecule has 4 fully saturated rings. The number of unbranched alkanes of at least 4 members (excludes halogenated alkanes) is 5. The first-order valence-corrected chi connectivity index (χ1v) is 22.2. The number of ether oxygens (including phenoxy) is 9. The standard InChI is InChI=1S/C40H68N2O26/c1-17(48)42-24-18(49)11-40(39(58)59,67-33(24)26(52)19(50)12-43)68-35-28(54)21(14-45)63-38(31(35)57)65-32-22(15-46)64-36(61-10-8-6-4-3-5-7-9-23(51)60-2)25(41-16-47)34(32)66-37-30(56)29(55)27(53)20(13-44)62-37/h16,18-22,24-38,43-46,49-50,52-57H,3-15H2,1-2H3,(H,41,47)(H,42,48)(H,58,59)/t18?,19?,20?,21?,22?,24-,25?,26?,27+,28-,29?,30?,31?,32+,33?,34?,35?,36-,37+,38?,40+/m1/s1. The van der Waals surface area contributed by atoms with Crippen LogP contribution in [0.4, 0.5) is 0 Å². The number of carbonyl (C=O) groups excluding carboxylic acids is 3. The van der Waals surface area contributed by atoms with Crippen LogP contribution in [0.15, 0.2) is 0 Å². The monoisotopic (exact) mass is 992 g/mol. The van der Waals surface area contributed by atoms with Crippen molar-refractivity contribution >= 4 is 24.3 Å². The molecule has 21 atom stereocenters. The molecular weight excluding hydrogens is 924 g/mol. The number of amides is 2. The van der Waals surface area contributed by atoms with Crippen LogP contribution < -0.4 is 10.6 Å². The van der Waals surface area contributed by atoms with E-state index in [2.05, 4.69) is 15.4 Å². The van der Waals surface area contributed by atoms with Crippen LogP contribution in [0, 0.1) is 0 Å². The minimum Gasteiger partial charge on any atom is -0.477 e. The largest absolute Gasteiger partial charge is 0.477 e. The quantitative estimate of drug-likeness (QED) is 0.0217. The Hall–Kier alpha value is -2.92. The van der Waals surface area contributed by atoms with Gasteiger partial charge in [-0.05, 0) is 12.8 Å². The van der Waals surface area contributed by atoms with Crippen LogP contribution in [0.1, 0.15) is 58.3 Å². The topological polar surface area (TPSA) is 438 Å². The van der Waals surface area contributed by atoms with Crippen LogP contribution >= 0.6 is 0 Å². The van der Waals surface area contributed by atoms with Crippen molar-refractivity contribution < 1.29 is 128 Å². The molecule has 4 rings (SSSR count). The fourth-order valence-corrected chi connectivity index (χ4v) is 8.42. The first-order valence-electron chi connectivity index (χ1n) is 22.2. The van der Waals surface area contributed by atoms with Gasteiger partial charge in [-0.1, -0.05) is 25.7 Å². The van der Waals surface area contributed by atoms with Gasteiger partial charge in [0.2, 0.25) is 12.3 Å². The Bertz CT molecular complexity index is 1570. The van der Waals surface area contributed by atoms with Gasteiger partial charge in [0.05, 0.1) is 45.7 Å². The zero-order valence-corrected chi connectivity index (χ0v) is 37.4. The van der Waals surface area contributed by atoms with E-state index in [1.165, 1.54) is 7.11 Å². The highest BCUT2D eigenvalue weighted by Gasteiger charge is 2.61. The van der Waals surface area contributed by atoms with Crippen molar-refractivity contribution in [3.05, 3.63) is 0 Å². The zero-order valence-electron chi connectivity index (χ0n) is 37.4. The number of aliphatic hydroxyl groups excluding tert-OH is 12. The summed E-state index contributed by atoms with van der Waals surface area (Å²) in [6.07, 6.45) is -31.3. The molecule has 15 N–H and O–H groups in total. The number of methoxy groups -OCH3 is 1. The van der Waals surface area contributed by atoms with Crippen LogP contribution in [-0.4, -0.2) is 259 Å². The van der Waals surface area contributed by atoms with Gasteiger partial charge in [-0.25, -0.2) is 4.79 Å². The van der Waals surface area contributed by atoms with E-state index in [1.54, 1.807) is 0 Å². The van der Waals surface area contributed by atoms with E-state index in [0.717, 1.165) is 26.2 Å². The molecule has 0 saturated carbocycles. The summed E-state index contributed by atoms with van der Waals surface area (Å²) in [5, 5.41) is 143. The third-order valence-electron chi connectivity index (χ3n) is 12.1. The molecule has 28 heteroatoms. The second-order valence-corrected chi connectivity index (χ2v) is 16.9. The van der Waals surface area contributed by atoms with Gasteiger partial charge in [0, 0.05) is 26.4 Å². The van der Waals surface area contributed by atoms with Gasteiger partial charge in [-0.2, -0.15) is 0 Å². The Morgan fingerprint density at radius 3 is 1.87 bits per heavy atom. The molecule has 14 unspecified atom stereocenters. The van der Waals surface area contributed by atoms with Crippen LogP contribution in [0.5, 0.6) is 0 Å². The van der Waals surface area contributed by atoms with Gasteiger partial charge in [-0.15, -0.1) is 0 Å². The number of aliphatic carboxylic acids is 1. The van der Waals surface area contributed by atoms with Crippen molar-refractivity contribution in [2.45, 2.75) is 187 Å². The van der Waals surface area contributed by atoms with Gasteiger partial charge < -0.3 is 120 Å². The Morgan fingerprint density at radius 1 is 0.721 bits per heavy atom. The lowest BCUT2D eigenvalue weighted by Crippen LogP contribution is -2.71. The third-order valence-corrected chi connectivity index (χ3v) is 12.1. The summed E-state index contributed by atoms with van der Waals surface area (Å²) in [6, 6.07) is -3.11. The molecule has 4 aliphatic rings. The molecule has 0 aliphatic carbocycles. The second-order valence-electron chi connectivity index (χ2n) is 16.9. The van der Waals surface area contributed by atoms with Gasteiger partial charge in [-0.3, -0.25) is 14.4 Å². The van der Waals surface area contributed by atoms with E-state index in [1.807, 2.05) is 0 Å². The normalized spacial score (nSPS) is 39.6. The number of hydrogen-bond acceptors (Lipinski definition) is 25. The molecule has 4 saturated heterocycles. The Balaban J connectivity index is 1.65. The third kappa shape index (κ3) is 14.1. The maximum atomic E-state index is 13.0. The Kier molecular flexibility index (Phi) is 22.9. The van der Waals surface area contributed by atoms with Crippen molar-refractivity contribution in [2.75, 3.05) is 40.1 Å². The van der Waals surface area contributed by atoms with Crippen LogP contribution in [0.3, 0.4) is 0 Å². The van der Waals surface area contributed by atoms with Crippen LogP contribution in [0.25, 0.3) is 0 Å². The number of esters is 1. The number of carboxylic acid groups (broad SMARTS) is 1. The predicted molar refractivity (Wildman–Crippen MR) is 218 cm³/mol. The molecule has 0 aromatic rings. The van der Waals surface area contributed by atoms with E-state index in [9.17, 15) is 85.6 Å². The van der Waals surface area contributed by atoms with Crippen molar-refractivity contribution in [1.29, 1.82) is 0 Å². The molecule has 4 heterocycles. The number of carbonyl (C=O) groups is 4. The summed E-state index contributed by atoms with van der Waals surface area (Å²) < 4.78 is 51.6. The molecule has 0 spiro atoms. The summed E-state index contributed by atoms with van der Waals surface area (Å²) >= 11 is 0. The molecule has 0 bridgehead atoms. The summed E-state index contributed by atoms with van der Waals surface area (Å²) in [5.41, 5.74) is 0. The number of carboxylic acids is 1. The number of hydrogen-bond donors (Lipinski definition) is 15. The molecule has 0 aromatic carbocycles. The van der Waals surface area contributed by atoms with Crippen LogP contribution in [-0.2, 0) is 61.8 Å². The van der Waals surface area contributed by atoms with Crippen molar-refractivity contribution in [3.63, 3.8) is 0 Å². The van der Waals surface area contributed by atoms with Crippen LogP contribution in [0.2, 0.25) is 0 Å². The first kappa shape index (κ1) is 57.7. The summed E-state index contributed by atoms with van der Waals surface area (Å²) in [7, 11) is 1.31. The molecule has 4 aliphatic heterocycles. The predicted octanol–water partition coefficient (Wildman–Crippen LogP) is -7.72. The minimum atomic E-state index is -3.14. The van der Waals surface area contributed by atoms with Crippen molar-refractivity contribution in [1.82, 2.24) is 10.6 Å². The average molecular weight is 993 g/mol. The van der Waals surface area contributed by atoms with Crippen molar-refractivity contribution in [2.24, 2.45) is 0 Å². The summed E-state index contributed by atoms with van der Waals surface area (Å²) in [4.78, 5) is 48.6. The van der Waals surface area contributed by atoms with E-state index in [0.29, 0.717) is 19.3 Å². The molecule has 0 aromatic heterocycles. The maximum absolute atomic E-state index is 13.0. The molecule has 68 heavy (non-hydrogen) atoms. The maximum Gasteiger partial charge on any atom is 0.364 e. The Morgan fingerprint density at radius 2 is 1.29 bits per heavy atom. The van der Waals surface area contributed by atoms with Gasteiger partial charge in [0.25, 0.3) is 5.79 Å². The fraction of sp³-hybridized carbons (Fsp3) is 0.900. The minimum absolute atomic E-state index is 0.00431. The van der Waals surface area contributed by atoms with Gasteiger partial charge in [0.1, 0.15) is 91.5 Å². The molecular formula is C40H68N2O26. The SMILES string of the molecule is COC(=O)CCCCCCCCO[C@@H]1OC(CO)[C@H](OC2OC(CO)[C@@H](O)C(O[C@]3(C(=O)O)CC(O)[C@@H](NC(C)=O)C(C(O)C(O)CO)O3)C2O)C(O[C@@H]2OC(CO)[C@H](O)C(O)C2O)C1NC=O. The number of rotatable bonds is 26. The molecule has 394 valence electrons. The number of aliphatic hydroxyl groups is 12. The number of nitrogens with one attached hydrogen (secondary N) is 2.